The van der Waals surface area contributed by atoms with Crippen LogP contribution < -0.4 is 4.74 Å². The van der Waals surface area contributed by atoms with Crippen LogP contribution in [0.4, 0.5) is 0 Å². The van der Waals surface area contributed by atoms with E-state index in [0.29, 0.717) is 12.4 Å². The molecule has 1 radical (unpaired) electrons. The van der Waals surface area contributed by atoms with E-state index in [0.717, 1.165) is 11.3 Å². The van der Waals surface area contributed by atoms with E-state index >= 15 is 0 Å². The van der Waals surface area contributed by atoms with Crippen LogP contribution in [0.3, 0.4) is 0 Å². The lowest BCUT2D eigenvalue weighted by Crippen LogP contribution is -1.94. The van der Waals surface area contributed by atoms with Gasteiger partial charge in [0, 0.05) is 11.3 Å². The second-order valence-corrected chi connectivity index (χ2v) is 2.47. The monoisotopic (exact) mass is 167 g/mol. The summed E-state index contributed by atoms with van der Waals surface area (Å²) in [5, 5.41) is 0. The molecule has 0 aromatic heterocycles. The standard InChI is InChI=1S/C9H11OS/c1-2-10-9-6-4-3-5-8(9)7-11/h3-6H,2,7H2,1H3. The zero-order valence-corrected chi connectivity index (χ0v) is 7.36. The highest BCUT2D eigenvalue weighted by Crippen LogP contribution is 2.18. The molecular weight excluding hydrogens is 156 g/mol. The van der Waals surface area contributed by atoms with Crippen LogP contribution in [0.5, 0.6) is 5.75 Å². The van der Waals surface area contributed by atoms with Crippen molar-refractivity contribution in [3.05, 3.63) is 29.8 Å². The first-order valence-electron chi connectivity index (χ1n) is 3.67. The summed E-state index contributed by atoms with van der Waals surface area (Å²) in [6.07, 6.45) is 0. The Hall–Kier alpha value is -0.630. The van der Waals surface area contributed by atoms with E-state index in [-0.39, 0.29) is 0 Å². The summed E-state index contributed by atoms with van der Waals surface area (Å²) in [4.78, 5) is 0. The van der Waals surface area contributed by atoms with Crippen LogP contribution >= 0.6 is 12.6 Å². The molecule has 0 aliphatic rings. The number of rotatable bonds is 3. The Morgan fingerprint density at radius 3 is 2.73 bits per heavy atom. The number of ether oxygens (including phenoxy) is 1. The maximum absolute atomic E-state index is 5.36. The molecule has 2 heteroatoms. The Balaban J connectivity index is 2.83. The highest BCUT2D eigenvalue weighted by molar-refractivity contribution is 7.79. The van der Waals surface area contributed by atoms with Gasteiger partial charge in [-0.15, -0.1) is 0 Å². The third-order valence-corrected chi connectivity index (χ3v) is 1.74. The van der Waals surface area contributed by atoms with E-state index in [9.17, 15) is 0 Å². The van der Waals surface area contributed by atoms with Gasteiger partial charge in [0.2, 0.25) is 0 Å². The van der Waals surface area contributed by atoms with Crippen molar-refractivity contribution in [2.24, 2.45) is 0 Å². The van der Waals surface area contributed by atoms with Gasteiger partial charge in [-0.1, -0.05) is 30.8 Å². The average molecular weight is 167 g/mol. The second-order valence-electron chi connectivity index (χ2n) is 2.19. The van der Waals surface area contributed by atoms with E-state index in [2.05, 4.69) is 0 Å². The molecule has 0 amide bonds. The van der Waals surface area contributed by atoms with Gasteiger partial charge in [-0.05, 0) is 13.0 Å². The van der Waals surface area contributed by atoms with Crippen LogP contribution in [-0.4, -0.2) is 6.61 Å². The Labute approximate surface area is 72.8 Å². The summed E-state index contributed by atoms with van der Waals surface area (Å²) < 4.78 is 5.36. The molecule has 0 fully saturated rings. The van der Waals surface area contributed by atoms with E-state index in [1.165, 1.54) is 0 Å². The summed E-state index contributed by atoms with van der Waals surface area (Å²) in [5.41, 5.74) is 1.10. The highest BCUT2D eigenvalue weighted by atomic mass is 32.1. The van der Waals surface area contributed by atoms with Crippen molar-refractivity contribution in [3.8, 4) is 5.75 Å². The lowest BCUT2D eigenvalue weighted by atomic mass is 10.2. The lowest BCUT2D eigenvalue weighted by Gasteiger charge is -2.06. The van der Waals surface area contributed by atoms with E-state index < -0.39 is 0 Å². The molecule has 0 N–H and O–H groups in total. The van der Waals surface area contributed by atoms with Crippen LogP contribution in [0, 0.1) is 0 Å². The number of hydrogen-bond acceptors (Lipinski definition) is 1. The normalized spacial score (nSPS) is 9.64. The van der Waals surface area contributed by atoms with Crippen LogP contribution in [0.1, 0.15) is 12.5 Å². The molecule has 59 valence electrons. The Bertz CT molecular complexity index is 223. The van der Waals surface area contributed by atoms with Crippen molar-refractivity contribution in [2.45, 2.75) is 12.7 Å². The average Bonchev–Trinajstić information content (AvgIpc) is 2.06. The summed E-state index contributed by atoms with van der Waals surface area (Å²) in [7, 11) is 0. The Morgan fingerprint density at radius 2 is 2.09 bits per heavy atom. The molecule has 0 spiro atoms. The molecule has 1 aromatic rings. The quantitative estimate of drug-likeness (QED) is 0.672. The smallest absolute Gasteiger partial charge is 0.123 e. The lowest BCUT2D eigenvalue weighted by molar-refractivity contribution is 0.337. The highest BCUT2D eigenvalue weighted by Gasteiger charge is 1.98. The second kappa shape index (κ2) is 4.29. The number of benzene rings is 1. The molecule has 0 bridgehead atoms. The van der Waals surface area contributed by atoms with Gasteiger partial charge in [-0.2, -0.15) is 0 Å². The van der Waals surface area contributed by atoms with Gasteiger partial charge in [0.15, 0.2) is 0 Å². The first-order valence-corrected chi connectivity index (χ1v) is 4.25. The zero-order valence-electron chi connectivity index (χ0n) is 6.54. The van der Waals surface area contributed by atoms with E-state index in [4.69, 9.17) is 17.4 Å². The molecule has 0 aliphatic carbocycles. The predicted octanol–water partition coefficient (Wildman–Crippen LogP) is 2.78. The molecule has 0 saturated carbocycles. The molecule has 1 nitrogen and oxygen atoms in total. The van der Waals surface area contributed by atoms with Gasteiger partial charge in [-0.3, -0.25) is 0 Å². The van der Waals surface area contributed by atoms with E-state index in [1.807, 2.05) is 31.2 Å². The summed E-state index contributed by atoms with van der Waals surface area (Å²) in [5.74, 6) is 1.54. The molecule has 0 saturated heterocycles. The van der Waals surface area contributed by atoms with Gasteiger partial charge < -0.3 is 4.74 Å². The summed E-state index contributed by atoms with van der Waals surface area (Å²) in [6, 6.07) is 7.88. The number of para-hydroxylation sites is 1. The molecule has 11 heavy (non-hydrogen) atoms. The fourth-order valence-electron chi connectivity index (χ4n) is 0.919. The minimum Gasteiger partial charge on any atom is -0.494 e. The molecule has 0 unspecified atom stereocenters. The summed E-state index contributed by atoms with van der Waals surface area (Å²) >= 11 is 4.94. The molecule has 0 aliphatic heterocycles. The van der Waals surface area contributed by atoms with Gasteiger partial charge in [0.05, 0.1) is 6.61 Å². The molecular formula is C9H11OS. The van der Waals surface area contributed by atoms with Crippen molar-refractivity contribution in [3.63, 3.8) is 0 Å². The van der Waals surface area contributed by atoms with Crippen LogP contribution in [0.25, 0.3) is 0 Å². The minimum atomic E-state index is 0.621. The molecule has 1 aromatic carbocycles. The van der Waals surface area contributed by atoms with Gasteiger partial charge in [0.25, 0.3) is 0 Å². The van der Waals surface area contributed by atoms with Gasteiger partial charge >= 0.3 is 0 Å². The van der Waals surface area contributed by atoms with Gasteiger partial charge in [-0.25, -0.2) is 0 Å². The number of hydrogen-bond donors (Lipinski definition) is 0. The van der Waals surface area contributed by atoms with Crippen molar-refractivity contribution < 1.29 is 4.74 Å². The zero-order chi connectivity index (χ0) is 8.10. The predicted molar refractivity (Wildman–Crippen MR) is 48.9 cm³/mol. The largest absolute Gasteiger partial charge is 0.494 e. The van der Waals surface area contributed by atoms with Crippen LogP contribution in [0.2, 0.25) is 0 Å². The van der Waals surface area contributed by atoms with Gasteiger partial charge in [0.1, 0.15) is 5.75 Å². The SMILES string of the molecule is CCOc1ccccc1C[S]. The van der Waals surface area contributed by atoms with Crippen molar-refractivity contribution in [1.82, 2.24) is 0 Å². The van der Waals surface area contributed by atoms with Crippen LogP contribution in [-0.2, 0) is 5.75 Å². The Kier molecular flexibility index (Phi) is 3.30. The third kappa shape index (κ3) is 2.15. The fourth-order valence-corrected chi connectivity index (χ4v) is 1.16. The fraction of sp³-hybridized carbons (Fsp3) is 0.333. The van der Waals surface area contributed by atoms with Crippen molar-refractivity contribution in [1.29, 1.82) is 0 Å². The Morgan fingerprint density at radius 1 is 1.36 bits per heavy atom. The van der Waals surface area contributed by atoms with Crippen molar-refractivity contribution in [2.75, 3.05) is 6.61 Å². The first kappa shape index (κ1) is 8.47. The summed E-state index contributed by atoms with van der Waals surface area (Å²) in [6.45, 7) is 2.67. The van der Waals surface area contributed by atoms with E-state index in [1.54, 1.807) is 0 Å². The van der Waals surface area contributed by atoms with Crippen molar-refractivity contribution >= 4 is 12.6 Å². The first-order chi connectivity index (χ1) is 5.38. The molecule has 0 atom stereocenters. The minimum absolute atomic E-state index is 0.621. The molecule has 0 heterocycles. The third-order valence-electron chi connectivity index (χ3n) is 1.43. The topological polar surface area (TPSA) is 9.23 Å². The van der Waals surface area contributed by atoms with Crippen LogP contribution in [0.15, 0.2) is 24.3 Å². The molecule has 1 rings (SSSR count). The maximum Gasteiger partial charge on any atom is 0.123 e. The maximum atomic E-state index is 5.36.